The SMILES string of the molecule is CCNC(=NCc1ccc(OCC(F)(F)F)cc1)N1CCN(C(=O)c2ccco2)CC1.I. The molecule has 1 saturated heterocycles. The van der Waals surface area contributed by atoms with E-state index in [0.29, 0.717) is 45.0 Å². The summed E-state index contributed by atoms with van der Waals surface area (Å²) in [4.78, 5) is 20.9. The molecule has 1 N–H and O–H groups in total. The third-order valence-electron chi connectivity index (χ3n) is 4.67. The van der Waals surface area contributed by atoms with E-state index in [0.717, 1.165) is 11.5 Å². The fourth-order valence-corrected chi connectivity index (χ4v) is 3.13. The van der Waals surface area contributed by atoms with Crippen molar-refractivity contribution in [2.75, 3.05) is 39.3 Å². The zero-order valence-corrected chi connectivity index (χ0v) is 19.9. The van der Waals surface area contributed by atoms with Crippen LogP contribution in [0.4, 0.5) is 13.2 Å². The second-order valence-electron chi connectivity index (χ2n) is 6.97. The molecule has 1 aromatic heterocycles. The summed E-state index contributed by atoms with van der Waals surface area (Å²) in [6.45, 7) is 4.07. The Morgan fingerprint density at radius 2 is 1.78 bits per heavy atom. The van der Waals surface area contributed by atoms with E-state index in [9.17, 15) is 18.0 Å². The van der Waals surface area contributed by atoms with Crippen molar-refractivity contribution >= 4 is 35.8 Å². The van der Waals surface area contributed by atoms with Crippen molar-refractivity contribution in [3.8, 4) is 5.75 Å². The predicted octanol–water partition coefficient (Wildman–Crippen LogP) is 3.76. The first-order chi connectivity index (χ1) is 14.9. The van der Waals surface area contributed by atoms with Gasteiger partial charge >= 0.3 is 6.18 Å². The van der Waals surface area contributed by atoms with Gasteiger partial charge in [0.15, 0.2) is 18.3 Å². The summed E-state index contributed by atoms with van der Waals surface area (Å²) in [5.74, 6) is 1.09. The van der Waals surface area contributed by atoms with Crippen LogP contribution in [0, 0.1) is 0 Å². The maximum absolute atomic E-state index is 12.4. The summed E-state index contributed by atoms with van der Waals surface area (Å²) in [6, 6.07) is 9.73. The van der Waals surface area contributed by atoms with Crippen LogP contribution in [0.5, 0.6) is 5.75 Å². The second-order valence-corrected chi connectivity index (χ2v) is 6.97. The molecular weight excluding hydrogens is 540 g/mol. The fourth-order valence-electron chi connectivity index (χ4n) is 3.13. The lowest BCUT2D eigenvalue weighted by molar-refractivity contribution is -0.153. The van der Waals surface area contributed by atoms with Crippen LogP contribution in [0.25, 0.3) is 0 Å². The van der Waals surface area contributed by atoms with Gasteiger partial charge in [0.2, 0.25) is 0 Å². The Kier molecular flexibility index (Phi) is 9.66. The largest absolute Gasteiger partial charge is 0.484 e. The molecule has 0 spiro atoms. The molecule has 1 amide bonds. The van der Waals surface area contributed by atoms with Crippen molar-refractivity contribution in [1.82, 2.24) is 15.1 Å². The average molecular weight is 566 g/mol. The number of hydrogen-bond donors (Lipinski definition) is 1. The van der Waals surface area contributed by atoms with Gasteiger partial charge in [-0.25, -0.2) is 4.99 Å². The molecule has 32 heavy (non-hydrogen) atoms. The minimum atomic E-state index is -4.36. The normalized spacial score (nSPS) is 14.7. The first-order valence-electron chi connectivity index (χ1n) is 10.0. The molecule has 176 valence electrons. The van der Waals surface area contributed by atoms with Gasteiger partial charge < -0.3 is 24.3 Å². The Bertz CT molecular complexity index is 865. The number of carbonyl (C=O) groups excluding carboxylic acids is 1. The summed E-state index contributed by atoms with van der Waals surface area (Å²) in [6.07, 6.45) is -2.88. The molecule has 2 heterocycles. The van der Waals surface area contributed by atoms with Gasteiger partial charge in [-0.3, -0.25) is 4.79 Å². The molecule has 0 saturated carbocycles. The van der Waals surface area contributed by atoms with E-state index in [4.69, 9.17) is 9.15 Å². The highest BCUT2D eigenvalue weighted by atomic mass is 127. The molecule has 1 aliphatic heterocycles. The van der Waals surface area contributed by atoms with Crippen molar-refractivity contribution in [2.45, 2.75) is 19.6 Å². The van der Waals surface area contributed by atoms with Crippen molar-refractivity contribution in [3.63, 3.8) is 0 Å². The minimum absolute atomic E-state index is 0. The number of carbonyl (C=O) groups is 1. The number of ether oxygens (including phenoxy) is 1. The van der Waals surface area contributed by atoms with Gasteiger partial charge in [0.25, 0.3) is 5.91 Å². The van der Waals surface area contributed by atoms with E-state index >= 15 is 0 Å². The summed E-state index contributed by atoms with van der Waals surface area (Å²) >= 11 is 0. The Morgan fingerprint density at radius 1 is 1.12 bits per heavy atom. The first-order valence-corrected chi connectivity index (χ1v) is 10.0. The van der Waals surface area contributed by atoms with Crippen molar-refractivity contribution < 1.29 is 27.1 Å². The highest BCUT2D eigenvalue weighted by Crippen LogP contribution is 2.19. The maximum atomic E-state index is 12.4. The Hall–Kier alpha value is -2.44. The van der Waals surface area contributed by atoms with E-state index in [-0.39, 0.29) is 35.6 Å². The van der Waals surface area contributed by atoms with E-state index in [1.807, 2.05) is 6.92 Å². The lowest BCUT2D eigenvalue weighted by atomic mass is 10.2. The molecule has 1 fully saturated rings. The summed E-state index contributed by atoms with van der Waals surface area (Å²) in [5, 5.41) is 3.25. The van der Waals surface area contributed by atoms with Gasteiger partial charge in [-0.1, -0.05) is 12.1 Å². The monoisotopic (exact) mass is 566 g/mol. The van der Waals surface area contributed by atoms with Crippen LogP contribution in [0.1, 0.15) is 23.0 Å². The molecule has 3 rings (SSSR count). The number of hydrogen-bond acceptors (Lipinski definition) is 4. The number of halogens is 4. The lowest BCUT2D eigenvalue weighted by Gasteiger charge is -2.36. The van der Waals surface area contributed by atoms with E-state index < -0.39 is 12.8 Å². The number of aliphatic imine (C=N–C) groups is 1. The molecule has 0 aliphatic carbocycles. The topological polar surface area (TPSA) is 70.3 Å². The van der Waals surface area contributed by atoms with Crippen LogP contribution in [0.3, 0.4) is 0 Å². The van der Waals surface area contributed by atoms with Crippen LogP contribution in [0.2, 0.25) is 0 Å². The lowest BCUT2D eigenvalue weighted by Crippen LogP contribution is -2.53. The number of piperazine rings is 1. The quantitative estimate of drug-likeness (QED) is 0.328. The zero-order chi connectivity index (χ0) is 22.3. The Morgan fingerprint density at radius 3 is 2.34 bits per heavy atom. The summed E-state index contributed by atoms with van der Waals surface area (Å²) in [7, 11) is 0. The van der Waals surface area contributed by atoms with E-state index in [1.54, 1.807) is 29.2 Å². The van der Waals surface area contributed by atoms with Crippen LogP contribution in [-0.4, -0.2) is 67.2 Å². The van der Waals surface area contributed by atoms with Gasteiger partial charge in [0.1, 0.15) is 5.75 Å². The highest BCUT2D eigenvalue weighted by molar-refractivity contribution is 14.0. The number of furan rings is 1. The highest BCUT2D eigenvalue weighted by Gasteiger charge is 2.28. The van der Waals surface area contributed by atoms with E-state index in [1.165, 1.54) is 18.4 Å². The molecule has 2 aromatic rings. The Labute approximate surface area is 201 Å². The van der Waals surface area contributed by atoms with Crippen LogP contribution < -0.4 is 10.1 Å². The second kappa shape index (κ2) is 12.0. The standard InChI is InChI=1S/C21H25F3N4O3.HI/c1-2-25-20(26-14-16-5-7-17(8-6-16)31-15-21(22,23)24)28-11-9-27(10-12-28)19(29)18-4-3-13-30-18;/h3-8,13H,2,9-12,14-15H2,1H3,(H,25,26);1H. The molecule has 1 aromatic carbocycles. The smallest absolute Gasteiger partial charge is 0.422 e. The molecule has 0 radical (unpaired) electrons. The van der Waals surface area contributed by atoms with E-state index in [2.05, 4.69) is 15.2 Å². The minimum Gasteiger partial charge on any atom is -0.484 e. The third-order valence-corrected chi connectivity index (χ3v) is 4.67. The predicted molar refractivity (Wildman–Crippen MR) is 124 cm³/mol. The first kappa shape index (κ1) is 25.8. The van der Waals surface area contributed by atoms with Gasteiger partial charge in [-0.2, -0.15) is 13.2 Å². The van der Waals surface area contributed by atoms with Crippen molar-refractivity contribution in [1.29, 1.82) is 0 Å². The fraction of sp³-hybridized carbons (Fsp3) is 0.429. The summed E-state index contributed by atoms with van der Waals surface area (Å²) in [5.41, 5.74) is 0.849. The number of amides is 1. The van der Waals surface area contributed by atoms with Gasteiger partial charge in [0, 0.05) is 32.7 Å². The molecule has 0 unspecified atom stereocenters. The number of guanidine groups is 1. The number of nitrogens with zero attached hydrogens (tertiary/aromatic N) is 3. The van der Waals surface area contributed by atoms with Crippen LogP contribution in [-0.2, 0) is 6.54 Å². The molecule has 11 heteroatoms. The zero-order valence-electron chi connectivity index (χ0n) is 17.6. The maximum Gasteiger partial charge on any atom is 0.422 e. The molecule has 1 aliphatic rings. The number of alkyl halides is 3. The van der Waals surface area contributed by atoms with Crippen molar-refractivity contribution in [2.24, 2.45) is 4.99 Å². The molecule has 0 atom stereocenters. The molecular formula is C21H26F3IN4O3. The third kappa shape index (κ3) is 7.61. The number of nitrogens with one attached hydrogen (secondary N) is 1. The number of benzene rings is 1. The van der Waals surface area contributed by atoms with Crippen LogP contribution in [0.15, 0.2) is 52.1 Å². The molecule has 7 nitrogen and oxygen atoms in total. The summed E-state index contributed by atoms with van der Waals surface area (Å²) < 4.78 is 46.6. The van der Waals surface area contributed by atoms with Crippen LogP contribution >= 0.6 is 24.0 Å². The van der Waals surface area contributed by atoms with Gasteiger partial charge in [-0.05, 0) is 36.8 Å². The van der Waals surface area contributed by atoms with Gasteiger partial charge in [0.05, 0.1) is 12.8 Å². The Balaban J connectivity index is 0.00000363. The molecule has 0 bridgehead atoms. The van der Waals surface area contributed by atoms with Crippen molar-refractivity contribution in [3.05, 3.63) is 54.0 Å². The van der Waals surface area contributed by atoms with Gasteiger partial charge in [-0.15, -0.1) is 24.0 Å². The average Bonchev–Trinajstić information content (AvgIpc) is 3.30. The number of rotatable bonds is 6.